The van der Waals surface area contributed by atoms with Crippen LogP contribution in [-0.2, 0) is 0 Å². The van der Waals surface area contributed by atoms with Crippen LogP contribution in [0.1, 0.15) is 5.69 Å². The van der Waals surface area contributed by atoms with Gasteiger partial charge in [-0.1, -0.05) is 30.3 Å². The van der Waals surface area contributed by atoms with Crippen LogP contribution in [0.25, 0.3) is 28.0 Å². The van der Waals surface area contributed by atoms with E-state index in [1.807, 2.05) is 61.7 Å². The number of aromatic nitrogens is 3. The maximum Gasteiger partial charge on any atom is 0.155 e. The summed E-state index contributed by atoms with van der Waals surface area (Å²) in [6, 6.07) is 17.1. The lowest BCUT2D eigenvalue weighted by Crippen LogP contribution is -2.00. The Bertz CT molecular complexity index is 1060. The highest BCUT2D eigenvalue weighted by Gasteiger charge is 2.17. The molecular formula is C20H17N3O2. The van der Waals surface area contributed by atoms with Crippen molar-refractivity contribution in [1.82, 2.24) is 14.6 Å². The number of methoxy groups -OCH3 is 1. The van der Waals surface area contributed by atoms with Crippen molar-refractivity contribution in [2.75, 3.05) is 7.11 Å². The molecule has 0 aliphatic carbocycles. The summed E-state index contributed by atoms with van der Waals surface area (Å²) < 4.78 is 6.97. The predicted octanol–water partition coefficient (Wildman–Crippen LogP) is 4.09. The average Bonchev–Trinajstić information content (AvgIpc) is 3.02. The zero-order valence-corrected chi connectivity index (χ0v) is 14.0. The molecule has 0 radical (unpaired) electrons. The Hall–Kier alpha value is -3.34. The van der Waals surface area contributed by atoms with Gasteiger partial charge in [-0.15, -0.1) is 0 Å². The van der Waals surface area contributed by atoms with Crippen LogP contribution in [0.5, 0.6) is 11.5 Å². The molecule has 0 saturated carbocycles. The molecule has 0 aliphatic heterocycles. The Morgan fingerprint density at radius 2 is 1.80 bits per heavy atom. The molecule has 0 fully saturated rings. The summed E-state index contributed by atoms with van der Waals surface area (Å²) in [4.78, 5) is 4.52. The van der Waals surface area contributed by atoms with Crippen molar-refractivity contribution in [3.05, 3.63) is 66.5 Å². The highest BCUT2D eigenvalue weighted by molar-refractivity contribution is 5.84. The molecule has 1 N–H and O–H groups in total. The van der Waals surface area contributed by atoms with E-state index in [9.17, 15) is 5.11 Å². The van der Waals surface area contributed by atoms with Gasteiger partial charge in [0.25, 0.3) is 0 Å². The van der Waals surface area contributed by atoms with E-state index in [-0.39, 0.29) is 5.75 Å². The number of aromatic hydroxyl groups is 1. The van der Waals surface area contributed by atoms with Crippen LogP contribution in [0, 0.1) is 6.92 Å². The van der Waals surface area contributed by atoms with Crippen molar-refractivity contribution in [1.29, 1.82) is 0 Å². The third-order valence-electron chi connectivity index (χ3n) is 4.15. The Morgan fingerprint density at radius 3 is 2.52 bits per heavy atom. The molecule has 0 bridgehead atoms. The second kappa shape index (κ2) is 5.94. The number of hydrogen-bond acceptors (Lipinski definition) is 4. The number of fused-ring (bicyclic) bond motifs is 1. The number of rotatable bonds is 3. The molecule has 0 unspecified atom stereocenters. The molecule has 0 spiro atoms. The van der Waals surface area contributed by atoms with Crippen molar-refractivity contribution < 1.29 is 9.84 Å². The average molecular weight is 331 g/mol. The molecule has 4 aromatic rings. The second-order valence-electron chi connectivity index (χ2n) is 5.83. The van der Waals surface area contributed by atoms with Gasteiger partial charge < -0.3 is 9.84 Å². The van der Waals surface area contributed by atoms with Crippen LogP contribution in [0.2, 0.25) is 0 Å². The van der Waals surface area contributed by atoms with Gasteiger partial charge in [0.05, 0.1) is 18.5 Å². The first-order chi connectivity index (χ1) is 12.2. The Labute approximate surface area is 145 Å². The summed E-state index contributed by atoms with van der Waals surface area (Å²) >= 11 is 0. The van der Waals surface area contributed by atoms with Crippen LogP contribution < -0.4 is 4.74 Å². The smallest absolute Gasteiger partial charge is 0.155 e. The van der Waals surface area contributed by atoms with Crippen LogP contribution in [0.4, 0.5) is 0 Å². The van der Waals surface area contributed by atoms with Crippen LogP contribution >= 0.6 is 0 Å². The SMILES string of the molecule is COc1ccc(-c2c(-c3ccccc3)cnc3cc(C)nn23)c(O)c1. The Morgan fingerprint density at radius 1 is 1.00 bits per heavy atom. The summed E-state index contributed by atoms with van der Waals surface area (Å²) in [6.07, 6.45) is 1.82. The Kier molecular flexibility index (Phi) is 3.61. The summed E-state index contributed by atoms with van der Waals surface area (Å²) in [5, 5.41) is 15.1. The van der Waals surface area contributed by atoms with E-state index in [4.69, 9.17) is 4.74 Å². The number of phenols is 1. The lowest BCUT2D eigenvalue weighted by Gasteiger charge is -2.14. The van der Waals surface area contributed by atoms with E-state index in [1.54, 1.807) is 17.7 Å². The van der Waals surface area contributed by atoms with Crippen molar-refractivity contribution in [3.8, 4) is 33.9 Å². The molecule has 0 saturated heterocycles. The lowest BCUT2D eigenvalue weighted by molar-refractivity contribution is 0.408. The third kappa shape index (κ3) is 2.59. The van der Waals surface area contributed by atoms with Crippen LogP contribution in [0.15, 0.2) is 60.8 Å². The van der Waals surface area contributed by atoms with Gasteiger partial charge in [0.1, 0.15) is 11.5 Å². The van der Waals surface area contributed by atoms with Gasteiger partial charge in [-0.3, -0.25) is 0 Å². The standard InChI is InChI=1S/C20H17N3O2/c1-13-10-19-21-12-17(14-6-4-3-5-7-14)20(23(19)22-13)16-9-8-15(25-2)11-18(16)24/h3-12,24H,1-2H3. The first-order valence-corrected chi connectivity index (χ1v) is 7.95. The molecule has 0 amide bonds. The third-order valence-corrected chi connectivity index (χ3v) is 4.15. The lowest BCUT2D eigenvalue weighted by atomic mass is 10.00. The van der Waals surface area contributed by atoms with Gasteiger partial charge in [-0.05, 0) is 24.6 Å². The van der Waals surface area contributed by atoms with Crippen molar-refractivity contribution in [3.63, 3.8) is 0 Å². The Balaban J connectivity index is 2.06. The first kappa shape index (κ1) is 15.2. The van der Waals surface area contributed by atoms with Crippen LogP contribution in [-0.4, -0.2) is 26.8 Å². The van der Waals surface area contributed by atoms with Crippen molar-refractivity contribution in [2.24, 2.45) is 0 Å². The minimum Gasteiger partial charge on any atom is -0.507 e. The molecule has 0 atom stereocenters. The molecule has 25 heavy (non-hydrogen) atoms. The number of phenolic OH excluding ortho intramolecular Hbond substituents is 1. The summed E-state index contributed by atoms with van der Waals surface area (Å²) in [7, 11) is 1.57. The van der Waals surface area contributed by atoms with E-state index in [0.29, 0.717) is 11.3 Å². The van der Waals surface area contributed by atoms with E-state index >= 15 is 0 Å². The van der Waals surface area contributed by atoms with Crippen molar-refractivity contribution in [2.45, 2.75) is 6.92 Å². The highest BCUT2D eigenvalue weighted by Crippen LogP contribution is 2.38. The molecule has 0 aliphatic rings. The summed E-state index contributed by atoms with van der Waals surface area (Å²) in [5.74, 6) is 0.738. The molecular weight excluding hydrogens is 314 g/mol. The molecule has 5 heteroatoms. The zero-order chi connectivity index (χ0) is 17.4. The van der Waals surface area contributed by atoms with Gasteiger partial charge in [-0.2, -0.15) is 5.10 Å². The number of hydrogen-bond donors (Lipinski definition) is 1. The second-order valence-corrected chi connectivity index (χ2v) is 5.83. The zero-order valence-electron chi connectivity index (χ0n) is 14.0. The van der Waals surface area contributed by atoms with Gasteiger partial charge in [0, 0.05) is 29.5 Å². The number of benzene rings is 2. The fourth-order valence-electron chi connectivity index (χ4n) is 2.98. The molecule has 4 rings (SSSR count). The minimum absolute atomic E-state index is 0.136. The minimum atomic E-state index is 0.136. The van der Waals surface area contributed by atoms with E-state index in [2.05, 4.69) is 10.1 Å². The van der Waals surface area contributed by atoms with Crippen LogP contribution in [0.3, 0.4) is 0 Å². The fourth-order valence-corrected chi connectivity index (χ4v) is 2.98. The number of ether oxygens (including phenoxy) is 1. The first-order valence-electron chi connectivity index (χ1n) is 7.95. The van der Waals surface area contributed by atoms with Gasteiger partial charge in [-0.25, -0.2) is 9.50 Å². The van der Waals surface area contributed by atoms with E-state index < -0.39 is 0 Å². The van der Waals surface area contributed by atoms with Gasteiger partial charge in [0.15, 0.2) is 5.65 Å². The molecule has 2 aromatic heterocycles. The molecule has 2 heterocycles. The molecule has 2 aromatic carbocycles. The largest absolute Gasteiger partial charge is 0.507 e. The molecule has 124 valence electrons. The van der Waals surface area contributed by atoms with Crippen molar-refractivity contribution >= 4 is 5.65 Å². The molecule has 5 nitrogen and oxygen atoms in total. The predicted molar refractivity (Wildman–Crippen MR) is 96.8 cm³/mol. The van der Waals surface area contributed by atoms with Gasteiger partial charge >= 0.3 is 0 Å². The maximum atomic E-state index is 10.6. The van der Waals surface area contributed by atoms with Gasteiger partial charge in [0.2, 0.25) is 0 Å². The number of aryl methyl sites for hydroxylation is 1. The number of nitrogens with zero attached hydrogens (tertiary/aromatic N) is 3. The summed E-state index contributed by atoms with van der Waals surface area (Å²) in [6.45, 7) is 1.93. The normalized spacial score (nSPS) is 11.0. The summed E-state index contributed by atoms with van der Waals surface area (Å²) in [5.41, 5.74) is 4.99. The van der Waals surface area contributed by atoms with E-state index in [1.165, 1.54) is 0 Å². The van der Waals surface area contributed by atoms with E-state index in [0.717, 1.165) is 28.2 Å². The fraction of sp³-hybridized carbons (Fsp3) is 0.100. The quantitative estimate of drug-likeness (QED) is 0.614. The highest BCUT2D eigenvalue weighted by atomic mass is 16.5. The monoisotopic (exact) mass is 331 g/mol. The maximum absolute atomic E-state index is 10.6. The topological polar surface area (TPSA) is 59.7 Å².